The van der Waals surface area contributed by atoms with Gasteiger partial charge in [0.1, 0.15) is 0 Å². The van der Waals surface area contributed by atoms with Crippen molar-refractivity contribution in [1.82, 2.24) is 0 Å². The average Bonchev–Trinajstić information content (AvgIpc) is 3.00. The van der Waals surface area contributed by atoms with Crippen molar-refractivity contribution in [3.05, 3.63) is 24.3 Å². The molecule has 0 aromatic carbocycles. The number of hydrogen-bond acceptors (Lipinski definition) is 3. The maximum Gasteiger partial charge on any atom is 0.333 e. The second kappa shape index (κ2) is 7.33. The highest BCUT2D eigenvalue weighted by molar-refractivity contribution is 5.87. The molecule has 0 bridgehead atoms. The fourth-order valence-corrected chi connectivity index (χ4v) is 0.688. The van der Waals surface area contributed by atoms with Crippen LogP contribution in [-0.4, -0.2) is 25.8 Å². The first-order chi connectivity index (χ1) is 6.65. The summed E-state index contributed by atoms with van der Waals surface area (Å²) in [6, 6.07) is 0. The number of esters is 1. The van der Waals surface area contributed by atoms with E-state index in [2.05, 4.69) is 11.3 Å². The number of allylic oxidation sites excluding steroid dienone is 2. The summed E-state index contributed by atoms with van der Waals surface area (Å²) >= 11 is 0. The van der Waals surface area contributed by atoms with Gasteiger partial charge in [0.25, 0.3) is 0 Å². The summed E-state index contributed by atoms with van der Waals surface area (Å²) in [5, 5.41) is 0. The van der Waals surface area contributed by atoms with Crippen molar-refractivity contribution in [2.24, 2.45) is 0 Å². The number of methoxy groups -OCH3 is 1. The Bertz CT molecular complexity index is 211. The molecule has 0 aliphatic carbocycles. The number of epoxide rings is 1. The standard InChI is InChI=1S/C7H10O3.C4H8/c1-5(7(8)9-2)3-6-4-10-6;1-3-4-2/h6H,1,3-4H2,2H3;3-4H,1-2H3. The van der Waals surface area contributed by atoms with Gasteiger partial charge >= 0.3 is 5.97 Å². The number of ether oxygens (including phenoxy) is 2. The molecule has 1 rings (SSSR count). The molecular weight excluding hydrogens is 180 g/mol. The van der Waals surface area contributed by atoms with Crippen molar-refractivity contribution >= 4 is 5.97 Å². The highest BCUT2D eigenvalue weighted by Crippen LogP contribution is 2.18. The van der Waals surface area contributed by atoms with Gasteiger partial charge in [0.05, 0.1) is 19.8 Å². The van der Waals surface area contributed by atoms with Crippen LogP contribution in [0.4, 0.5) is 0 Å². The van der Waals surface area contributed by atoms with Gasteiger partial charge < -0.3 is 9.47 Å². The Morgan fingerprint density at radius 2 is 2.07 bits per heavy atom. The van der Waals surface area contributed by atoms with E-state index in [4.69, 9.17) is 4.74 Å². The molecule has 1 saturated heterocycles. The summed E-state index contributed by atoms with van der Waals surface area (Å²) in [5.74, 6) is -0.337. The Balaban J connectivity index is 0.000000364. The average molecular weight is 198 g/mol. The first-order valence-corrected chi connectivity index (χ1v) is 4.60. The Kier molecular flexibility index (Phi) is 6.76. The van der Waals surface area contributed by atoms with Crippen LogP contribution in [0.15, 0.2) is 24.3 Å². The Hall–Kier alpha value is -1.09. The van der Waals surface area contributed by atoms with E-state index in [-0.39, 0.29) is 12.1 Å². The highest BCUT2D eigenvalue weighted by Gasteiger charge is 2.25. The van der Waals surface area contributed by atoms with Crippen LogP contribution >= 0.6 is 0 Å². The molecule has 0 N–H and O–H groups in total. The van der Waals surface area contributed by atoms with E-state index < -0.39 is 0 Å². The number of rotatable bonds is 3. The third kappa shape index (κ3) is 6.43. The molecule has 0 radical (unpaired) electrons. The van der Waals surface area contributed by atoms with Crippen molar-refractivity contribution in [3.8, 4) is 0 Å². The highest BCUT2D eigenvalue weighted by atomic mass is 16.6. The first-order valence-electron chi connectivity index (χ1n) is 4.60. The fraction of sp³-hybridized carbons (Fsp3) is 0.545. The van der Waals surface area contributed by atoms with Gasteiger partial charge in [0, 0.05) is 12.0 Å². The molecule has 1 fully saturated rings. The van der Waals surface area contributed by atoms with E-state index >= 15 is 0 Å². The topological polar surface area (TPSA) is 38.8 Å². The zero-order valence-electron chi connectivity index (χ0n) is 9.08. The van der Waals surface area contributed by atoms with Gasteiger partial charge in [-0.15, -0.1) is 0 Å². The molecule has 1 heterocycles. The van der Waals surface area contributed by atoms with E-state index in [0.29, 0.717) is 12.0 Å². The minimum Gasteiger partial charge on any atom is -0.466 e. The lowest BCUT2D eigenvalue weighted by Crippen LogP contribution is -2.05. The lowest BCUT2D eigenvalue weighted by atomic mass is 10.2. The molecule has 1 aliphatic heterocycles. The predicted octanol–water partition coefficient (Wildman–Crippen LogP) is 2.09. The summed E-state index contributed by atoms with van der Waals surface area (Å²) in [6.45, 7) is 8.30. The smallest absolute Gasteiger partial charge is 0.333 e. The first kappa shape index (κ1) is 12.9. The Morgan fingerprint density at radius 3 is 2.36 bits per heavy atom. The molecule has 14 heavy (non-hydrogen) atoms. The molecule has 0 aromatic heterocycles. The van der Waals surface area contributed by atoms with Crippen molar-refractivity contribution in [3.63, 3.8) is 0 Å². The number of carbonyl (C=O) groups excluding carboxylic acids is 1. The van der Waals surface area contributed by atoms with Crippen LogP contribution in [0.25, 0.3) is 0 Å². The maximum absolute atomic E-state index is 10.7. The maximum atomic E-state index is 10.7. The van der Waals surface area contributed by atoms with Crippen LogP contribution < -0.4 is 0 Å². The molecule has 0 aromatic rings. The van der Waals surface area contributed by atoms with Crippen LogP contribution in [0.3, 0.4) is 0 Å². The van der Waals surface area contributed by atoms with Crippen molar-refractivity contribution in [1.29, 1.82) is 0 Å². The SMILES string of the molecule is C=C(CC1CO1)C(=O)OC.CC=CC. The zero-order valence-corrected chi connectivity index (χ0v) is 9.08. The van der Waals surface area contributed by atoms with Gasteiger partial charge in [-0.05, 0) is 13.8 Å². The normalized spacial score (nSPS) is 18.4. The van der Waals surface area contributed by atoms with Crippen molar-refractivity contribution in [2.45, 2.75) is 26.4 Å². The minimum atomic E-state index is -0.337. The summed E-state index contributed by atoms with van der Waals surface area (Å²) in [6.07, 6.45) is 4.82. The second-order valence-corrected chi connectivity index (χ2v) is 2.92. The van der Waals surface area contributed by atoms with Crippen LogP contribution in [0, 0.1) is 0 Å². The third-order valence-electron chi connectivity index (χ3n) is 1.68. The summed E-state index contributed by atoms with van der Waals surface area (Å²) < 4.78 is 9.35. The monoisotopic (exact) mass is 198 g/mol. The Morgan fingerprint density at radius 1 is 1.57 bits per heavy atom. The molecule has 1 atom stereocenters. The summed E-state index contributed by atoms with van der Waals surface area (Å²) in [4.78, 5) is 10.7. The van der Waals surface area contributed by atoms with Crippen molar-refractivity contribution < 1.29 is 14.3 Å². The molecule has 0 amide bonds. The quantitative estimate of drug-likeness (QED) is 0.301. The minimum absolute atomic E-state index is 0.214. The lowest BCUT2D eigenvalue weighted by Gasteiger charge is -1.98. The zero-order chi connectivity index (χ0) is 11.0. The van der Waals surface area contributed by atoms with Crippen LogP contribution in [0.1, 0.15) is 20.3 Å². The predicted molar refractivity (Wildman–Crippen MR) is 56.0 cm³/mol. The Labute approximate surface area is 85.4 Å². The number of carbonyl (C=O) groups is 1. The second-order valence-electron chi connectivity index (χ2n) is 2.92. The van der Waals surface area contributed by atoms with Gasteiger partial charge in [0.15, 0.2) is 0 Å². The van der Waals surface area contributed by atoms with Gasteiger partial charge in [-0.25, -0.2) is 4.79 Å². The van der Waals surface area contributed by atoms with E-state index in [0.717, 1.165) is 6.61 Å². The van der Waals surface area contributed by atoms with Gasteiger partial charge in [-0.3, -0.25) is 0 Å². The molecule has 1 unspecified atom stereocenters. The molecule has 3 heteroatoms. The van der Waals surface area contributed by atoms with E-state index in [9.17, 15) is 4.79 Å². The third-order valence-corrected chi connectivity index (χ3v) is 1.68. The fourth-order valence-electron chi connectivity index (χ4n) is 0.688. The molecule has 1 aliphatic rings. The van der Waals surface area contributed by atoms with E-state index in [1.54, 1.807) is 0 Å². The van der Waals surface area contributed by atoms with Crippen molar-refractivity contribution in [2.75, 3.05) is 13.7 Å². The van der Waals surface area contributed by atoms with Crippen LogP contribution in [-0.2, 0) is 14.3 Å². The van der Waals surface area contributed by atoms with Crippen LogP contribution in [0.5, 0.6) is 0 Å². The summed E-state index contributed by atoms with van der Waals surface area (Å²) in [7, 11) is 1.35. The molecule has 0 saturated carbocycles. The largest absolute Gasteiger partial charge is 0.466 e. The lowest BCUT2D eigenvalue weighted by molar-refractivity contribution is -0.136. The summed E-state index contributed by atoms with van der Waals surface area (Å²) in [5.41, 5.74) is 0.491. The molecule has 3 nitrogen and oxygen atoms in total. The van der Waals surface area contributed by atoms with E-state index in [1.165, 1.54) is 7.11 Å². The van der Waals surface area contributed by atoms with Gasteiger partial charge in [-0.1, -0.05) is 18.7 Å². The number of hydrogen-bond donors (Lipinski definition) is 0. The molecule has 0 spiro atoms. The van der Waals surface area contributed by atoms with Gasteiger partial charge in [0.2, 0.25) is 0 Å². The van der Waals surface area contributed by atoms with Gasteiger partial charge in [-0.2, -0.15) is 0 Å². The van der Waals surface area contributed by atoms with Crippen LogP contribution in [0.2, 0.25) is 0 Å². The van der Waals surface area contributed by atoms with E-state index in [1.807, 2.05) is 26.0 Å². The molecule has 80 valence electrons. The molecular formula is C11H18O3.